The van der Waals surface area contributed by atoms with Crippen molar-refractivity contribution in [3.8, 4) is 0 Å². The Labute approximate surface area is 268 Å². The van der Waals surface area contributed by atoms with E-state index in [1.54, 1.807) is 30.3 Å². The molecule has 242 valence electrons. The number of carbonyl (C=O) groups is 3. The Hall–Kier alpha value is -3.26. The van der Waals surface area contributed by atoms with Gasteiger partial charge >= 0.3 is 0 Å². The van der Waals surface area contributed by atoms with E-state index in [1.165, 1.54) is 55.2 Å². The zero-order chi connectivity index (χ0) is 32.3. The highest BCUT2D eigenvalue weighted by molar-refractivity contribution is 6.31. The van der Waals surface area contributed by atoms with Gasteiger partial charge in [0.05, 0.1) is 11.5 Å². The first-order chi connectivity index (χ1) is 21.2. The molecule has 2 unspecified atom stereocenters. The highest BCUT2D eigenvalue weighted by Gasteiger charge is 2.38. The number of unbranched alkanes of at least 4 members (excludes halogenated alkanes) is 10. The molecule has 0 aliphatic carbocycles. The minimum Gasteiger partial charge on any atom is -0.354 e. The van der Waals surface area contributed by atoms with Crippen LogP contribution in [0.15, 0.2) is 48.5 Å². The second-order valence-corrected chi connectivity index (χ2v) is 12.1. The minimum atomic E-state index is -0.996. The van der Waals surface area contributed by atoms with Gasteiger partial charge in [-0.25, -0.2) is 0 Å². The number of amides is 2. The Morgan fingerprint density at radius 3 is 2.07 bits per heavy atom. The fourth-order valence-corrected chi connectivity index (χ4v) is 5.67. The van der Waals surface area contributed by atoms with Gasteiger partial charge < -0.3 is 10.2 Å². The number of nitro benzene ring substituents is 1. The number of carbonyl (C=O) groups excluding carboxylic acids is 3. The van der Waals surface area contributed by atoms with Crippen LogP contribution in [-0.2, 0) is 4.79 Å². The predicted molar refractivity (Wildman–Crippen MR) is 177 cm³/mol. The van der Waals surface area contributed by atoms with E-state index in [0.29, 0.717) is 18.5 Å². The summed E-state index contributed by atoms with van der Waals surface area (Å²) in [6.07, 6.45) is 13.7. The smallest absolute Gasteiger partial charge is 0.282 e. The minimum absolute atomic E-state index is 0.150. The van der Waals surface area contributed by atoms with E-state index >= 15 is 0 Å². The van der Waals surface area contributed by atoms with Gasteiger partial charge in [0, 0.05) is 23.2 Å². The first-order valence-electron chi connectivity index (χ1n) is 16.3. The van der Waals surface area contributed by atoms with Gasteiger partial charge in [-0.15, -0.1) is 0 Å². The zero-order valence-electron chi connectivity index (χ0n) is 26.7. The van der Waals surface area contributed by atoms with Crippen molar-refractivity contribution >= 4 is 34.9 Å². The van der Waals surface area contributed by atoms with Crippen molar-refractivity contribution in [2.75, 3.05) is 13.1 Å². The average Bonchev–Trinajstić information content (AvgIpc) is 3.01. The third-order valence-corrected chi connectivity index (χ3v) is 8.28. The van der Waals surface area contributed by atoms with E-state index < -0.39 is 29.1 Å². The fraction of sp³-hybridized carbons (Fsp3) is 0.571. The molecule has 0 radical (unpaired) electrons. The van der Waals surface area contributed by atoms with Crippen LogP contribution >= 0.6 is 11.6 Å². The van der Waals surface area contributed by atoms with E-state index in [2.05, 4.69) is 19.2 Å². The van der Waals surface area contributed by atoms with Crippen molar-refractivity contribution in [1.29, 1.82) is 0 Å². The number of benzene rings is 2. The number of nitrogens with one attached hydrogen (secondary N) is 1. The monoisotopic (exact) mass is 627 g/mol. The van der Waals surface area contributed by atoms with Gasteiger partial charge in [-0.1, -0.05) is 133 Å². The Bertz CT molecular complexity index is 1190. The van der Waals surface area contributed by atoms with Crippen molar-refractivity contribution in [1.82, 2.24) is 10.2 Å². The summed E-state index contributed by atoms with van der Waals surface area (Å²) in [7, 11) is 0. The molecule has 44 heavy (non-hydrogen) atoms. The molecular weight excluding hydrogens is 578 g/mol. The lowest BCUT2D eigenvalue weighted by atomic mass is 9.91. The van der Waals surface area contributed by atoms with Gasteiger partial charge in [0.1, 0.15) is 11.6 Å². The molecule has 0 aromatic heterocycles. The maximum Gasteiger partial charge on any atom is 0.282 e. The zero-order valence-corrected chi connectivity index (χ0v) is 27.4. The third kappa shape index (κ3) is 12.4. The molecule has 2 rings (SSSR count). The summed E-state index contributed by atoms with van der Waals surface area (Å²) in [6, 6.07) is 11.3. The molecule has 0 saturated heterocycles. The van der Waals surface area contributed by atoms with Crippen LogP contribution in [0.2, 0.25) is 5.02 Å². The first kappa shape index (κ1) is 36.9. The molecule has 0 heterocycles. The summed E-state index contributed by atoms with van der Waals surface area (Å²) in [5, 5.41) is 15.0. The third-order valence-electron chi connectivity index (χ3n) is 8.04. The van der Waals surface area contributed by atoms with Crippen molar-refractivity contribution < 1.29 is 19.3 Å². The first-order valence-corrected chi connectivity index (χ1v) is 16.7. The van der Waals surface area contributed by atoms with Gasteiger partial charge in [0.25, 0.3) is 11.6 Å². The maximum absolute atomic E-state index is 14.2. The van der Waals surface area contributed by atoms with Gasteiger partial charge in [-0.05, 0) is 30.9 Å². The van der Waals surface area contributed by atoms with Crippen LogP contribution in [0.3, 0.4) is 0 Å². The van der Waals surface area contributed by atoms with Crippen LogP contribution in [0.4, 0.5) is 5.69 Å². The molecule has 0 aliphatic heterocycles. The molecule has 1 N–H and O–H groups in total. The molecular formula is C35H50ClN3O5. The van der Waals surface area contributed by atoms with Crippen molar-refractivity contribution in [3.63, 3.8) is 0 Å². The van der Waals surface area contributed by atoms with Crippen LogP contribution in [0.1, 0.15) is 125 Å². The molecule has 2 aromatic carbocycles. The van der Waals surface area contributed by atoms with E-state index in [4.69, 9.17) is 11.6 Å². The Morgan fingerprint density at radius 1 is 0.864 bits per heavy atom. The lowest BCUT2D eigenvalue weighted by molar-refractivity contribution is -0.385. The Morgan fingerprint density at radius 2 is 1.45 bits per heavy atom. The van der Waals surface area contributed by atoms with Crippen LogP contribution in [0.5, 0.6) is 0 Å². The second kappa shape index (κ2) is 20.7. The van der Waals surface area contributed by atoms with Crippen molar-refractivity contribution in [2.24, 2.45) is 5.92 Å². The summed E-state index contributed by atoms with van der Waals surface area (Å²) in [4.78, 5) is 54.0. The van der Waals surface area contributed by atoms with E-state index in [9.17, 15) is 24.5 Å². The summed E-state index contributed by atoms with van der Waals surface area (Å²) in [5.74, 6) is -1.77. The summed E-state index contributed by atoms with van der Waals surface area (Å²) in [5.41, 5.74) is -0.283. The summed E-state index contributed by atoms with van der Waals surface area (Å²) >= 11 is 6.19. The standard InChI is InChI=1S/C35H50ClN3O5/c1-4-6-8-10-11-12-13-15-19-27(3)33(34(41)37-24-18-9-7-5-2)38(26-32(40)28-20-16-14-17-21-28)35(42)30-25-29(36)22-23-31(30)39(43)44/h14,16-17,20-23,25,27,33H,4-13,15,18-19,24,26H2,1-3H3,(H,37,41). The molecule has 0 aliphatic rings. The highest BCUT2D eigenvalue weighted by Crippen LogP contribution is 2.28. The Kier molecular flexibility index (Phi) is 17.3. The lowest BCUT2D eigenvalue weighted by Gasteiger charge is -2.34. The lowest BCUT2D eigenvalue weighted by Crippen LogP contribution is -2.54. The van der Waals surface area contributed by atoms with E-state index in [-0.39, 0.29) is 28.2 Å². The predicted octanol–water partition coefficient (Wildman–Crippen LogP) is 8.81. The van der Waals surface area contributed by atoms with Gasteiger partial charge in [-0.2, -0.15) is 0 Å². The molecule has 2 atom stereocenters. The van der Waals surface area contributed by atoms with Crippen molar-refractivity contribution in [2.45, 2.75) is 110 Å². The number of hydrogen-bond acceptors (Lipinski definition) is 5. The number of halogens is 1. The number of hydrogen-bond donors (Lipinski definition) is 1. The maximum atomic E-state index is 14.2. The van der Waals surface area contributed by atoms with Gasteiger partial charge in [0.15, 0.2) is 5.78 Å². The molecule has 8 nitrogen and oxygen atoms in total. The number of ketones is 1. The fourth-order valence-electron chi connectivity index (χ4n) is 5.49. The summed E-state index contributed by atoms with van der Waals surface area (Å²) < 4.78 is 0. The molecule has 9 heteroatoms. The number of nitro groups is 1. The summed E-state index contributed by atoms with van der Waals surface area (Å²) in [6.45, 7) is 6.28. The molecule has 0 saturated carbocycles. The van der Waals surface area contributed by atoms with Gasteiger partial charge in [0.2, 0.25) is 5.91 Å². The molecule has 0 bridgehead atoms. The van der Waals surface area contributed by atoms with Crippen LogP contribution in [0, 0.1) is 16.0 Å². The van der Waals surface area contributed by atoms with Crippen LogP contribution < -0.4 is 5.32 Å². The van der Waals surface area contributed by atoms with Gasteiger partial charge in [-0.3, -0.25) is 24.5 Å². The SMILES string of the molecule is CCCCCCCCCCC(C)C(C(=O)NCCCCCC)N(CC(=O)c1ccccc1)C(=O)c1cc(Cl)ccc1[N+](=O)[O-]. The normalized spacial score (nSPS) is 12.4. The molecule has 0 fully saturated rings. The number of Topliss-reactive ketones (excluding diaryl/α,β-unsaturated/α-hetero) is 1. The quantitative estimate of drug-likeness (QED) is 0.0607. The molecule has 2 aromatic rings. The average molecular weight is 628 g/mol. The highest BCUT2D eigenvalue weighted by atomic mass is 35.5. The van der Waals surface area contributed by atoms with E-state index in [0.717, 1.165) is 44.9 Å². The topological polar surface area (TPSA) is 110 Å². The van der Waals surface area contributed by atoms with Crippen molar-refractivity contribution in [3.05, 3.63) is 74.8 Å². The molecule has 2 amide bonds. The van der Waals surface area contributed by atoms with Crippen LogP contribution in [-0.4, -0.2) is 46.6 Å². The number of nitrogens with zero attached hydrogens (tertiary/aromatic N) is 2. The van der Waals surface area contributed by atoms with Crippen LogP contribution in [0.25, 0.3) is 0 Å². The molecule has 0 spiro atoms. The largest absolute Gasteiger partial charge is 0.354 e. The Balaban J connectivity index is 2.39. The second-order valence-electron chi connectivity index (χ2n) is 11.7. The van der Waals surface area contributed by atoms with E-state index in [1.807, 2.05) is 6.92 Å². The number of rotatable bonds is 22.